The van der Waals surface area contributed by atoms with Crippen LogP contribution in [-0.4, -0.2) is 26.4 Å². The van der Waals surface area contributed by atoms with E-state index in [0.29, 0.717) is 16.7 Å². The number of hydrogen-bond acceptors (Lipinski definition) is 5. The molecule has 0 radical (unpaired) electrons. The van der Waals surface area contributed by atoms with E-state index >= 15 is 0 Å². The second kappa shape index (κ2) is 10.1. The van der Waals surface area contributed by atoms with Gasteiger partial charge in [0.15, 0.2) is 11.0 Å². The van der Waals surface area contributed by atoms with Gasteiger partial charge in [-0.2, -0.15) is 0 Å². The summed E-state index contributed by atoms with van der Waals surface area (Å²) >= 11 is 1.26. The number of ether oxygens (including phenoxy) is 1. The number of nitrogens with one attached hydrogen (secondary N) is 1. The van der Waals surface area contributed by atoms with E-state index in [1.807, 2.05) is 66.1 Å². The molecule has 0 aliphatic rings. The summed E-state index contributed by atoms with van der Waals surface area (Å²) in [5.74, 6) is 0.918. The van der Waals surface area contributed by atoms with Crippen LogP contribution in [0.15, 0.2) is 84.0 Å². The quantitative estimate of drug-likeness (QED) is 0.383. The Morgan fingerprint density at radius 2 is 1.72 bits per heavy atom. The Balaban J connectivity index is 1.48. The average molecular weight is 449 g/mol. The van der Waals surface area contributed by atoms with E-state index < -0.39 is 0 Å². The first-order valence-electron chi connectivity index (χ1n) is 9.96. The number of nitrogens with zero attached hydrogens (tertiary/aromatic N) is 3. The third-order valence-electron chi connectivity index (χ3n) is 4.56. The highest BCUT2D eigenvalue weighted by Gasteiger charge is 2.16. The predicted molar refractivity (Wildman–Crippen MR) is 123 cm³/mol. The molecule has 0 saturated heterocycles. The highest BCUT2D eigenvalue weighted by molar-refractivity contribution is 7.99. The minimum Gasteiger partial charge on any atom is -0.486 e. The normalized spacial score (nSPS) is 10.7. The molecule has 32 heavy (non-hydrogen) atoms. The Labute approximate surface area is 189 Å². The van der Waals surface area contributed by atoms with Crippen LogP contribution >= 0.6 is 11.8 Å². The summed E-state index contributed by atoms with van der Waals surface area (Å²) in [6.07, 6.45) is 0. The predicted octanol–water partition coefficient (Wildman–Crippen LogP) is 5.02. The largest absolute Gasteiger partial charge is 0.486 e. The van der Waals surface area contributed by atoms with E-state index in [1.165, 1.54) is 36.0 Å². The van der Waals surface area contributed by atoms with Gasteiger partial charge < -0.3 is 10.1 Å². The van der Waals surface area contributed by atoms with E-state index in [0.717, 1.165) is 17.0 Å². The number of amides is 1. The van der Waals surface area contributed by atoms with Crippen molar-refractivity contribution in [2.24, 2.45) is 0 Å². The van der Waals surface area contributed by atoms with Crippen molar-refractivity contribution in [3.63, 3.8) is 0 Å². The van der Waals surface area contributed by atoms with Crippen LogP contribution in [-0.2, 0) is 11.4 Å². The Hall–Kier alpha value is -3.65. The summed E-state index contributed by atoms with van der Waals surface area (Å²) in [6, 6.07) is 23.1. The fourth-order valence-electron chi connectivity index (χ4n) is 2.97. The lowest BCUT2D eigenvalue weighted by atomic mass is 10.2. The summed E-state index contributed by atoms with van der Waals surface area (Å²) in [5, 5.41) is 11.9. The van der Waals surface area contributed by atoms with Crippen molar-refractivity contribution in [3.05, 3.63) is 96.1 Å². The Kier molecular flexibility index (Phi) is 6.81. The summed E-state index contributed by atoms with van der Waals surface area (Å²) in [4.78, 5) is 12.4. The zero-order valence-electron chi connectivity index (χ0n) is 17.4. The number of aryl methyl sites for hydroxylation is 1. The second-order valence-electron chi connectivity index (χ2n) is 7.02. The minimum absolute atomic E-state index is 0.126. The van der Waals surface area contributed by atoms with Crippen molar-refractivity contribution < 1.29 is 13.9 Å². The average Bonchev–Trinajstić information content (AvgIpc) is 3.22. The fraction of sp³-hybridized carbons (Fsp3) is 0.125. The lowest BCUT2D eigenvalue weighted by molar-refractivity contribution is -0.113. The van der Waals surface area contributed by atoms with Gasteiger partial charge in [-0.25, -0.2) is 4.39 Å². The van der Waals surface area contributed by atoms with E-state index in [4.69, 9.17) is 4.74 Å². The van der Waals surface area contributed by atoms with Crippen LogP contribution < -0.4 is 10.1 Å². The van der Waals surface area contributed by atoms with Crippen LogP contribution in [0.3, 0.4) is 0 Å². The molecule has 0 unspecified atom stereocenters. The number of anilines is 1. The molecule has 0 saturated carbocycles. The maximum Gasteiger partial charge on any atom is 0.234 e. The molecular formula is C24H21FN4O2S. The first kappa shape index (κ1) is 21.6. The molecule has 1 amide bonds. The highest BCUT2D eigenvalue weighted by Crippen LogP contribution is 2.23. The minimum atomic E-state index is -0.353. The van der Waals surface area contributed by atoms with Crippen LogP contribution in [0, 0.1) is 12.7 Å². The molecule has 0 spiro atoms. The lowest BCUT2D eigenvalue weighted by Crippen LogP contribution is -2.14. The summed E-state index contributed by atoms with van der Waals surface area (Å²) < 4.78 is 20.8. The summed E-state index contributed by atoms with van der Waals surface area (Å²) in [6.45, 7) is 2.25. The van der Waals surface area contributed by atoms with Gasteiger partial charge in [0.05, 0.1) is 5.75 Å². The molecule has 0 bridgehead atoms. The summed E-state index contributed by atoms with van der Waals surface area (Å²) in [5.41, 5.74) is 2.57. The number of halogens is 1. The smallest absolute Gasteiger partial charge is 0.234 e. The molecule has 1 N–H and O–H groups in total. The summed E-state index contributed by atoms with van der Waals surface area (Å²) in [7, 11) is 0. The highest BCUT2D eigenvalue weighted by atomic mass is 32.2. The van der Waals surface area contributed by atoms with E-state index in [-0.39, 0.29) is 24.1 Å². The SMILES string of the molecule is Cc1ccc(OCc2nnc(SCC(=O)Nc3ccc(F)cc3)n2-c2ccccc2)cc1. The Morgan fingerprint density at radius 3 is 2.44 bits per heavy atom. The molecule has 0 fully saturated rings. The van der Waals surface area contributed by atoms with Gasteiger partial charge in [0.2, 0.25) is 5.91 Å². The van der Waals surface area contributed by atoms with Gasteiger partial charge in [-0.05, 0) is 55.5 Å². The van der Waals surface area contributed by atoms with Gasteiger partial charge >= 0.3 is 0 Å². The van der Waals surface area contributed by atoms with Crippen LogP contribution in [0.25, 0.3) is 5.69 Å². The molecule has 8 heteroatoms. The number of thioether (sulfide) groups is 1. The van der Waals surface area contributed by atoms with Crippen molar-refractivity contribution in [3.8, 4) is 11.4 Å². The number of rotatable bonds is 8. The van der Waals surface area contributed by atoms with Crippen molar-refractivity contribution in [2.45, 2.75) is 18.7 Å². The van der Waals surface area contributed by atoms with Gasteiger partial charge in [-0.3, -0.25) is 9.36 Å². The van der Waals surface area contributed by atoms with Crippen molar-refractivity contribution in [2.75, 3.05) is 11.1 Å². The van der Waals surface area contributed by atoms with Gasteiger partial charge in [-0.1, -0.05) is 47.7 Å². The van der Waals surface area contributed by atoms with E-state index in [1.54, 1.807) is 0 Å². The van der Waals surface area contributed by atoms with Crippen molar-refractivity contribution in [1.29, 1.82) is 0 Å². The van der Waals surface area contributed by atoms with Crippen molar-refractivity contribution >= 4 is 23.4 Å². The third-order valence-corrected chi connectivity index (χ3v) is 5.49. The standard InChI is InChI=1S/C24H21FN4O2S/c1-17-7-13-21(14-8-17)31-15-22-27-28-24(29(22)20-5-3-2-4-6-20)32-16-23(30)26-19-11-9-18(25)10-12-19/h2-14H,15-16H2,1H3,(H,26,30). The van der Waals surface area contributed by atoms with Gasteiger partial charge in [-0.15, -0.1) is 10.2 Å². The molecule has 1 aromatic heterocycles. The monoisotopic (exact) mass is 448 g/mol. The molecule has 0 atom stereocenters. The van der Waals surface area contributed by atoms with Crippen molar-refractivity contribution in [1.82, 2.24) is 14.8 Å². The first-order valence-corrected chi connectivity index (χ1v) is 10.9. The van der Waals surface area contributed by atoms with E-state index in [2.05, 4.69) is 15.5 Å². The number of carbonyl (C=O) groups excluding carboxylic acids is 1. The fourth-order valence-corrected chi connectivity index (χ4v) is 3.74. The number of hydrogen-bond donors (Lipinski definition) is 1. The molecule has 4 rings (SSSR count). The molecule has 1 heterocycles. The van der Waals surface area contributed by atoms with E-state index in [9.17, 15) is 9.18 Å². The maximum absolute atomic E-state index is 13.0. The van der Waals surface area contributed by atoms with Crippen LogP contribution in [0.4, 0.5) is 10.1 Å². The van der Waals surface area contributed by atoms with Crippen LogP contribution in [0.1, 0.15) is 11.4 Å². The third kappa shape index (κ3) is 5.53. The van der Waals surface area contributed by atoms with Gasteiger partial charge in [0, 0.05) is 11.4 Å². The molecule has 6 nitrogen and oxygen atoms in total. The van der Waals surface area contributed by atoms with Gasteiger partial charge in [0.25, 0.3) is 0 Å². The topological polar surface area (TPSA) is 69.0 Å². The number of para-hydroxylation sites is 1. The lowest BCUT2D eigenvalue weighted by Gasteiger charge is -2.11. The second-order valence-corrected chi connectivity index (χ2v) is 7.96. The number of carbonyl (C=O) groups is 1. The Bertz CT molecular complexity index is 1180. The molecule has 0 aliphatic heterocycles. The number of benzene rings is 3. The zero-order valence-corrected chi connectivity index (χ0v) is 18.2. The Morgan fingerprint density at radius 1 is 1.00 bits per heavy atom. The molecule has 0 aliphatic carbocycles. The maximum atomic E-state index is 13.0. The zero-order chi connectivity index (χ0) is 22.3. The molecule has 3 aromatic carbocycles. The molecular weight excluding hydrogens is 427 g/mol. The first-order chi connectivity index (χ1) is 15.6. The molecule has 4 aromatic rings. The molecule has 162 valence electrons. The number of aromatic nitrogens is 3. The van der Waals surface area contributed by atoms with Gasteiger partial charge in [0.1, 0.15) is 18.2 Å². The van der Waals surface area contributed by atoms with Crippen LogP contribution in [0.5, 0.6) is 5.75 Å². The van der Waals surface area contributed by atoms with Crippen LogP contribution in [0.2, 0.25) is 0 Å².